The predicted molar refractivity (Wildman–Crippen MR) is 95.6 cm³/mol. The molecule has 0 fully saturated rings. The highest BCUT2D eigenvalue weighted by Gasteiger charge is 2.14. The van der Waals surface area contributed by atoms with Gasteiger partial charge in [-0.25, -0.2) is 18.6 Å². The normalized spacial score (nSPS) is 11.1. The van der Waals surface area contributed by atoms with Crippen LogP contribution >= 0.6 is 11.3 Å². The molecule has 136 valence electrons. The van der Waals surface area contributed by atoms with Gasteiger partial charge in [-0.1, -0.05) is 11.3 Å². The molecule has 2 aromatic heterocycles. The van der Waals surface area contributed by atoms with Gasteiger partial charge in [-0.05, 0) is 30.3 Å². The molecule has 7 nitrogen and oxygen atoms in total. The molecule has 0 aliphatic heterocycles. The number of methoxy groups -OCH3 is 1. The molecule has 0 amide bonds. The molecule has 10 heteroatoms. The number of hydrogen-bond acceptors (Lipinski definition) is 7. The van der Waals surface area contributed by atoms with E-state index in [0.29, 0.717) is 5.52 Å². The number of carbonyl (C=O) groups excluding carboxylic acids is 1. The van der Waals surface area contributed by atoms with E-state index in [0.717, 1.165) is 28.0 Å². The maximum Gasteiger partial charge on any atom is 0.337 e. The average Bonchev–Trinajstić information content (AvgIpc) is 3.06. The molecule has 0 bridgehead atoms. The summed E-state index contributed by atoms with van der Waals surface area (Å²) in [4.78, 5) is 28.9. The Morgan fingerprint density at radius 1 is 1.19 bits per heavy atom. The highest BCUT2D eigenvalue weighted by Crippen LogP contribution is 2.24. The van der Waals surface area contributed by atoms with Crippen molar-refractivity contribution in [3.8, 4) is 0 Å². The molecule has 0 spiro atoms. The van der Waals surface area contributed by atoms with Gasteiger partial charge in [0.25, 0.3) is 5.56 Å². The molecule has 0 aliphatic rings. The van der Waals surface area contributed by atoms with Gasteiger partial charge in [-0.15, -0.1) is 5.10 Å². The van der Waals surface area contributed by atoms with E-state index in [2.05, 4.69) is 20.1 Å². The van der Waals surface area contributed by atoms with E-state index in [1.54, 1.807) is 0 Å². The molecule has 0 unspecified atom stereocenters. The summed E-state index contributed by atoms with van der Waals surface area (Å²) in [6.45, 7) is 0. The van der Waals surface area contributed by atoms with Crippen molar-refractivity contribution in [2.24, 2.45) is 0 Å². The van der Waals surface area contributed by atoms with Gasteiger partial charge in [0, 0.05) is 11.8 Å². The van der Waals surface area contributed by atoms with Crippen LogP contribution in [0.4, 0.5) is 19.6 Å². The van der Waals surface area contributed by atoms with Crippen LogP contribution in [0.2, 0.25) is 0 Å². The minimum atomic E-state index is -1.00. The Bertz CT molecular complexity index is 1270. The summed E-state index contributed by atoms with van der Waals surface area (Å²) in [7, 11) is 1.26. The van der Waals surface area contributed by atoms with Crippen LogP contribution in [0.3, 0.4) is 0 Å². The molecule has 1 N–H and O–H groups in total. The van der Waals surface area contributed by atoms with Crippen molar-refractivity contribution < 1.29 is 18.3 Å². The summed E-state index contributed by atoms with van der Waals surface area (Å²) in [5.41, 5.74) is 0.455. The highest BCUT2D eigenvalue weighted by molar-refractivity contribution is 7.20. The first-order valence-corrected chi connectivity index (χ1v) is 8.42. The second kappa shape index (κ2) is 6.40. The van der Waals surface area contributed by atoms with Crippen LogP contribution in [0.15, 0.2) is 41.2 Å². The maximum atomic E-state index is 13.3. The monoisotopic (exact) mass is 388 g/mol. The molecule has 27 heavy (non-hydrogen) atoms. The van der Waals surface area contributed by atoms with Crippen LogP contribution < -0.4 is 10.9 Å². The Morgan fingerprint density at radius 3 is 2.74 bits per heavy atom. The van der Waals surface area contributed by atoms with E-state index in [-0.39, 0.29) is 26.7 Å². The fraction of sp³-hybridized carbons (Fsp3) is 0.0588. The summed E-state index contributed by atoms with van der Waals surface area (Å²) < 4.78 is 32.1. The van der Waals surface area contributed by atoms with Gasteiger partial charge in [0.1, 0.15) is 0 Å². The van der Waals surface area contributed by atoms with Crippen molar-refractivity contribution in [2.75, 3.05) is 12.4 Å². The molecule has 0 atom stereocenters. The number of esters is 1. The van der Waals surface area contributed by atoms with E-state index in [4.69, 9.17) is 0 Å². The first-order valence-electron chi connectivity index (χ1n) is 7.60. The topological polar surface area (TPSA) is 85.6 Å². The first kappa shape index (κ1) is 17.0. The minimum absolute atomic E-state index is 0.269. The molecule has 4 rings (SSSR count). The molecule has 0 aliphatic carbocycles. The Balaban J connectivity index is 1.80. The molecule has 2 aromatic carbocycles. The van der Waals surface area contributed by atoms with Gasteiger partial charge in [0.15, 0.2) is 11.6 Å². The van der Waals surface area contributed by atoms with Crippen LogP contribution in [0.1, 0.15) is 10.4 Å². The molecule has 0 radical (unpaired) electrons. The molecular weight excluding hydrogens is 378 g/mol. The summed E-state index contributed by atoms with van der Waals surface area (Å²) in [6, 6.07) is 7.72. The van der Waals surface area contributed by atoms with E-state index in [9.17, 15) is 18.4 Å². The lowest BCUT2D eigenvalue weighted by Gasteiger charge is -2.01. The average molecular weight is 388 g/mol. The fourth-order valence-electron chi connectivity index (χ4n) is 2.50. The quantitative estimate of drug-likeness (QED) is 0.543. The molecular formula is C17H10F2N4O3S. The molecule has 2 heterocycles. The van der Waals surface area contributed by atoms with Crippen molar-refractivity contribution in [1.82, 2.24) is 14.6 Å². The van der Waals surface area contributed by atoms with Crippen LogP contribution in [0, 0.1) is 11.6 Å². The highest BCUT2D eigenvalue weighted by atomic mass is 32.1. The van der Waals surface area contributed by atoms with Gasteiger partial charge in [-0.2, -0.15) is 4.52 Å². The summed E-state index contributed by atoms with van der Waals surface area (Å²) in [5, 5.41) is 7.49. The van der Waals surface area contributed by atoms with Crippen molar-refractivity contribution >= 4 is 44.0 Å². The number of nitrogens with zero attached hydrogens (tertiary/aromatic N) is 3. The van der Waals surface area contributed by atoms with Crippen LogP contribution in [0.5, 0.6) is 0 Å². The number of rotatable bonds is 3. The SMILES string of the molecule is COC(=O)c1ccc2c(=O)n3nc(Nc4ccc(F)c(F)c4)sc3nc2c1. The van der Waals surface area contributed by atoms with Crippen molar-refractivity contribution in [3.05, 3.63) is 63.9 Å². The van der Waals surface area contributed by atoms with Gasteiger partial charge < -0.3 is 10.1 Å². The largest absolute Gasteiger partial charge is 0.465 e. The number of benzene rings is 2. The predicted octanol–water partition coefficient (Wildman–Crippen LogP) is 3.11. The minimum Gasteiger partial charge on any atom is -0.465 e. The summed E-state index contributed by atoms with van der Waals surface area (Å²) in [5.74, 6) is -2.50. The van der Waals surface area contributed by atoms with Crippen molar-refractivity contribution in [2.45, 2.75) is 0 Å². The number of carbonyl (C=O) groups is 1. The number of ether oxygens (including phenoxy) is 1. The standard InChI is InChI=1S/C17H10F2N4O3S/c1-26-15(25)8-2-4-10-13(6-8)21-17-23(14(10)24)22-16(27-17)20-9-3-5-11(18)12(19)7-9/h2-7H,1H3,(H,20,22). The number of aromatic nitrogens is 3. The Labute approximate surface area is 153 Å². The van der Waals surface area contributed by atoms with E-state index >= 15 is 0 Å². The first-order chi connectivity index (χ1) is 13.0. The lowest BCUT2D eigenvalue weighted by atomic mass is 10.1. The van der Waals surface area contributed by atoms with E-state index in [1.165, 1.54) is 31.4 Å². The lowest BCUT2D eigenvalue weighted by molar-refractivity contribution is 0.0601. The second-order valence-electron chi connectivity index (χ2n) is 5.50. The Kier molecular flexibility index (Phi) is 4.04. The third-order valence-electron chi connectivity index (χ3n) is 3.79. The maximum absolute atomic E-state index is 13.3. The fourth-order valence-corrected chi connectivity index (χ4v) is 3.32. The molecule has 0 saturated carbocycles. The smallest absolute Gasteiger partial charge is 0.337 e. The zero-order valence-corrected chi connectivity index (χ0v) is 14.5. The number of fused-ring (bicyclic) bond motifs is 2. The molecule has 4 aromatic rings. The third-order valence-corrected chi connectivity index (χ3v) is 4.61. The zero-order chi connectivity index (χ0) is 19.1. The van der Waals surface area contributed by atoms with Crippen molar-refractivity contribution in [3.63, 3.8) is 0 Å². The number of nitrogens with one attached hydrogen (secondary N) is 1. The number of hydrogen-bond donors (Lipinski definition) is 1. The summed E-state index contributed by atoms with van der Waals surface area (Å²) >= 11 is 1.05. The van der Waals surface area contributed by atoms with Crippen LogP contribution in [0.25, 0.3) is 15.9 Å². The Morgan fingerprint density at radius 2 is 2.00 bits per heavy atom. The molecule has 0 saturated heterocycles. The number of halogens is 2. The Hall–Kier alpha value is -3.40. The van der Waals surface area contributed by atoms with Crippen LogP contribution in [-0.2, 0) is 4.74 Å². The van der Waals surface area contributed by atoms with Gasteiger partial charge in [0.2, 0.25) is 10.1 Å². The van der Waals surface area contributed by atoms with Crippen molar-refractivity contribution in [1.29, 1.82) is 0 Å². The second-order valence-corrected chi connectivity index (χ2v) is 6.45. The van der Waals surface area contributed by atoms with Gasteiger partial charge >= 0.3 is 5.97 Å². The summed E-state index contributed by atoms with van der Waals surface area (Å²) in [6.07, 6.45) is 0. The zero-order valence-electron chi connectivity index (χ0n) is 13.7. The number of anilines is 2. The van der Waals surface area contributed by atoms with E-state index < -0.39 is 23.2 Å². The van der Waals surface area contributed by atoms with Gasteiger partial charge in [0.05, 0.1) is 23.6 Å². The lowest BCUT2D eigenvalue weighted by Crippen LogP contribution is -2.15. The van der Waals surface area contributed by atoms with Gasteiger partial charge in [-0.3, -0.25) is 4.79 Å². The van der Waals surface area contributed by atoms with E-state index in [1.807, 2.05) is 0 Å². The van der Waals surface area contributed by atoms with Crippen LogP contribution in [-0.4, -0.2) is 27.7 Å². The third kappa shape index (κ3) is 2.99.